The third kappa shape index (κ3) is 3.50. The number of amides is 1. The van der Waals surface area contributed by atoms with Crippen LogP contribution in [-0.2, 0) is 27.2 Å². The Balaban J connectivity index is 1.63. The van der Waals surface area contributed by atoms with Gasteiger partial charge in [0.15, 0.2) is 0 Å². The van der Waals surface area contributed by atoms with Crippen molar-refractivity contribution in [3.8, 4) is 0 Å². The first-order chi connectivity index (χ1) is 13.9. The van der Waals surface area contributed by atoms with E-state index >= 15 is 0 Å². The molecule has 0 saturated heterocycles. The molecule has 0 radical (unpaired) electrons. The molecule has 1 amide bonds. The average Bonchev–Trinajstić information content (AvgIpc) is 3.39. The quantitative estimate of drug-likeness (QED) is 0.541. The first-order valence-electron chi connectivity index (χ1n) is 10.5. The van der Waals surface area contributed by atoms with Gasteiger partial charge in [0.1, 0.15) is 5.00 Å². The van der Waals surface area contributed by atoms with Crippen LogP contribution in [0.25, 0.3) is 0 Å². The van der Waals surface area contributed by atoms with Crippen molar-refractivity contribution in [3.05, 3.63) is 28.2 Å². The molecule has 0 spiro atoms. The standard InChI is InChI=1S/C22H27NO5S/c1-3-11-5-8-14-15(9-11)29-20(18(14)22(27)28-4-2)23-19(24)16-12-6-7-13(10-12)17(16)21(25)26/h6-7,11-13,16-17H,3-5,8-10H2,1-2H3,(H,23,24)(H,25,26)/t11-,12-,13-,16+,17-/m0/s1. The number of hydrogen-bond donors (Lipinski definition) is 2. The van der Waals surface area contributed by atoms with E-state index < -0.39 is 23.8 Å². The fourth-order valence-corrected chi connectivity index (χ4v) is 6.57. The van der Waals surface area contributed by atoms with Gasteiger partial charge in [-0.1, -0.05) is 25.5 Å². The number of thiophene rings is 1. The van der Waals surface area contributed by atoms with Crippen LogP contribution in [0.5, 0.6) is 0 Å². The van der Waals surface area contributed by atoms with Gasteiger partial charge in [-0.05, 0) is 55.9 Å². The molecule has 1 saturated carbocycles. The van der Waals surface area contributed by atoms with E-state index in [2.05, 4.69) is 12.2 Å². The summed E-state index contributed by atoms with van der Waals surface area (Å²) in [5.41, 5.74) is 1.47. The van der Waals surface area contributed by atoms with Crippen LogP contribution >= 0.6 is 11.3 Å². The highest BCUT2D eigenvalue weighted by Crippen LogP contribution is 2.49. The van der Waals surface area contributed by atoms with Gasteiger partial charge in [0, 0.05) is 4.88 Å². The number of carboxylic acids is 1. The minimum atomic E-state index is -0.927. The molecule has 3 aliphatic carbocycles. The van der Waals surface area contributed by atoms with Crippen LogP contribution in [0.2, 0.25) is 0 Å². The summed E-state index contributed by atoms with van der Waals surface area (Å²) < 4.78 is 5.27. The Morgan fingerprint density at radius 2 is 1.93 bits per heavy atom. The zero-order valence-corrected chi connectivity index (χ0v) is 17.6. The highest BCUT2D eigenvalue weighted by atomic mass is 32.1. The van der Waals surface area contributed by atoms with Crippen LogP contribution in [0.1, 0.15) is 53.9 Å². The van der Waals surface area contributed by atoms with Crippen molar-refractivity contribution in [2.45, 2.75) is 46.0 Å². The summed E-state index contributed by atoms with van der Waals surface area (Å²) in [6.07, 6.45) is 8.43. The van der Waals surface area contributed by atoms with Crippen LogP contribution in [0.15, 0.2) is 12.2 Å². The van der Waals surface area contributed by atoms with Crippen molar-refractivity contribution in [2.24, 2.45) is 29.6 Å². The number of carbonyl (C=O) groups is 3. The van der Waals surface area contributed by atoms with Crippen molar-refractivity contribution in [1.29, 1.82) is 0 Å². The Morgan fingerprint density at radius 1 is 1.21 bits per heavy atom. The lowest BCUT2D eigenvalue weighted by Crippen LogP contribution is -2.36. The number of ether oxygens (including phenoxy) is 1. The second-order valence-corrected chi connectivity index (χ2v) is 9.38. The van der Waals surface area contributed by atoms with Gasteiger partial charge in [-0.2, -0.15) is 0 Å². The lowest BCUT2D eigenvalue weighted by molar-refractivity contribution is -0.146. The van der Waals surface area contributed by atoms with Crippen LogP contribution in [0, 0.1) is 29.6 Å². The molecule has 5 atom stereocenters. The monoisotopic (exact) mass is 417 g/mol. The Labute approximate surface area is 174 Å². The van der Waals surface area contributed by atoms with Crippen molar-refractivity contribution >= 4 is 34.2 Å². The van der Waals surface area contributed by atoms with Gasteiger partial charge in [0.2, 0.25) is 5.91 Å². The number of allylic oxidation sites excluding steroid dienone is 2. The molecule has 7 heteroatoms. The number of carbonyl (C=O) groups excluding carboxylic acids is 2. The Morgan fingerprint density at radius 3 is 2.59 bits per heavy atom. The molecule has 4 rings (SSSR count). The minimum Gasteiger partial charge on any atom is -0.481 e. The highest BCUT2D eigenvalue weighted by molar-refractivity contribution is 7.17. The van der Waals surface area contributed by atoms with Gasteiger partial charge >= 0.3 is 11.9 Å². The van der Waals surface area contributed by atoms with E-state index in [9.17, 15) is 19.5 Å². The number of carboxylic acid groups (broad SMARTS) is 1. The molecule has 3 aliphatic rings. The second kappa shape index (κ2) is 7.94. The van der Waals surface area contributed by atoms with Gasteiger partial charge in [-0.15, -0.1) is 11.3 Å². The van der Waals surface area contributed by atoms with Crippen LogP contribution in [0.3, 0.4) is 0 Å². The maximum absolute atomic E-state index is 13.1. The van der Waals surface area contributed by atoms with Crippen LogP contribution in [-0.4, -0.2) is 29.6 Å². The predicted octanol–water partition coefficient (Wildman–Crippen LogP) is 3.90. The maximum atomic E-state index is 13.1. The van der Waals surface area contributed by atoms with Crippen molar-refractivity contribution in [3.63, 3.8) is 0 Å². The van der Waals surface area contributed by atoms with Gasteiger partial charge in [-0.3, -0.25) is 9.59 Å². The number of hydrogen-bond acceptors (Lipinski definition) is 5. The van der Waals surface area contributed by atoms with E-state index in [0.717, 1.165) is 36.1 Å². The van der Waals surface area contributed by atoms with E-state index in [1.807, 2.05) is 12.2 Å². The normalized spacial score (nSPS) is 29.5. The number of esters is 1. The number of aliphatic carboxylic acids is 1. The van der Waals surface area contributed by atoms with E-state index in [-0.39, 0.29) is 24.3 Å². The van der Waals surface area contributed by atoms with E-state index in [1.54, 1.807) is 6.92 Å². The molecule has 2 N–H and O–H groups in total. The molecule has 1 heterocycles. The predicted molar refractivity (Wildman–Crippen MR) is 110 cm³/mol. The summed E-state index contributed by atoms with van der Waals surface area (Å²) in [6.45, 7) is 4.21. The SMILES string of the molecule is CCOC(=O)c1c(NC(=O)[C@H]2[C@@H](C(=O)O)[C@H]3C=C[C@H]2C3)sc2c1CC[C@H](CC)C2. The lowest BCUT2D eigenvalue weighted by Gasteiger charge is -2.23. The maximum Gasteiger partial charge on any atom is 0.341 e. The molecule has 0 aliphatic heterocycles. The summed E-state index contributed by atoms with van der Waals surface area (Å²) >= 11 is 1.45. The molecule has 1 aromatic rings. The first-order valence-corrected chi connectivity index (χ1v) is 11.3. The fraction of sp³-hybridized carbons (Fsp3) is 0.591. The molecular formula is C22H27NO5S. The molecule has 156 valence electrons. The minimum absolute atomic E-state index is 0.0498. The van der Waals surface area contributed by atoms with Gasteiger partial charge < -0.3 is 15.2 Å². The molecule has 2 bridgehead atoms. The zero-order valence-electron chi connectivity index (χ0n) is 16.8. The van der Waals surface area contributed by atoms with Gasteiger partial charge in [0.25, 0.3) is 0 Å². The van der Waals surface area contributed by atoms with Crippen molar-refractivity contribution in [1.82, 2.24) is 0 Å². The zero-order chi connectivity index (χ0) is 20.7. The fourth-order valence-electron chi connectivity index (χ4n) is 5.22. The first kappa shape index (κ1) is 20.1. The summed E-state index contributed by atoms with van der Waals surface area (Å²) in [6, 6.07) is 0. The average molecular weight is 418 g/mol. The molecule has 0 unspecified atom stereocenters. The third-order valence-electron chi connectivity index (χ3n) is 6.71. The van der Waals surface area contributed by atoms with E-state index in [0.29, 0.717) is 22.9 Å². The topological polar surface area (TPSA) is 92.7 Å². The number of rotatable bonds is 6. The molecule has 6 nitrogen and oxygen atoms in total. The summed E-state index contributed by atoms with van der Waals surface area (Å²) in [4.78, 5) is 38.7. The van der Waals surface area contributed by atoms with E-state index in [1.165, 1.54) is 11.3 Å². The van der Waals surface area contributed by atoms with Crippen molar-refractivity contribution in [2.75, 3.05) is 11.9 Å². The Bertz CT molecular complexity index is 873. The Hall–Kier alpha value is -2.15. The number of fused-ring (bicyclic) bond motifs is 3. The highest BCUT2D eigenvalue weighted by Gasteiger charge is 2.51. The number of nitrogens with one attached hydrogen (secondary N) is 1. The summed E-state index contributed by atoms with van der Waals surface area (Å²) in [5, 5.41) is 13.1. The Kier molecular flexibility index (Phi) is 5.51. The second-order valence-electron chi connectivity index (χ2n) is 8.27. The van der Waals surface area contributed by atoms with Crippen LogP contribution < -0.4 is 5.32 Å². The molecular weight excluding hydrogens is 390 g/mol. The number of anilines is 1. The molecule has 0 aromatic carbocycles. The smallest absolute Gasteiger partial charge is 0.341 e. The largest absolute Gasteiger partial charge is 0.481 e. The molecule has 29 heavy (non-hydrogen) atoms. The third-order valence-corrected chi connectivity index (χ3v) is 7.88. The molecule has 1 aromatic heterocycles. The summed E-state index contributed by atoms with van der Waals surface area (Å²) in [5.74, 6) is -2.47. The van der Waals surface area contributed by atoms with Gasteiger partial charge in [0.05, 0.1) is 24.0 Å². The summed E-state index contributed by atoms with van der Waals surface area (Å²) in [7, 11) is 0. The van der Waals surface area contributed by atoms with Gasteiger partial charge in [-0.25, -0.2) is 4.79 Å². The van der Waals surface area contributed by atoms with Crippen molar-refractivity contribution < 1.29 is 24.2 Å². The van der Waals surface area contributed by atoms with Crippen LogP contribution in [0.4, 0.5) is 5.00 Å². The van der Waals surface area contributed by atoms with E-state index in [4.69, 9.17) is 4.74 Å². The molecule has 1 fully saturated rings. The lowest BCUT2D eigenvalue weighted by atomic mass is 9.82.